The lowest BCUT2D eigenvalue weighted by Gasteiger charge is -2.10. The van der Waals surface area contributed by atoms with E-state index in [1.165, 1.54) is 24.8 Å². The van der Waals surface area contributed by atoms with E-state index in [1.807, 2.05) is 42.5 Å². The van der Waals surface area contributed by atoms with Gasteiger partial charge in [-0.25, -0.2) is 0 Å². The van der Waals surface area contributed by atoms with Crippen molar-refractivity contribution < 1.29 is 4.74 Å². The molecule has 0 bridgehead atoms. The maximum Gasteiger partial charge on any atom is 0.138 e. The molecule has 0 amide bonds. The Bertz CT molecular complexity index is 462. The van der Waals surface area contributed by atoms with E-state index < -0.39 is 0 Å². The van der Waals surface area contributed by atoms with E-state index >= 15 is 0 Å². The summed E-state index contributed by atoms with van der Waals surface area (Å²) in [4.78, 5) is 0. The van der Waals surface area contributed by atoms with E-state index in [2.05, 4.69) is 19.1 Å². The highest BCUT2D eigenvalue weighted by Crippen LogP contribution is 2.25. The summed E-state index contributed by atoms with van der Waals surface area (Å²) in [5, 5.41) is 0. The Morgan fingerprint density at radius 2 is 1.83 bits per heavy atom. The molecule has 2 aromatic carbocycles. The quantitative estimate of drug-likeness (QED) is 0.644. The molecule has 1 nitrogen and oxygen atoms in total. The summed E-state index contributed by atoms with van der Waals surface area (Å²) in [5.74, 6) is 1.73. The Hall–Kier alpha value is -1.76. The Morgan fingerprint density at radius 3 is 2.61 bits per heavy atom. The molecule has 0 aliphatic heterocycles. The highest BCUT2D eigenvalue weighted by molar-refractivity contribution is 5.36. The van der Waals surface area contributed by atoms with Gasteiger partial charge in [-0.1, -0.05) is 56.2 Å². The van der Waals surface area contributed by atoms with Crippen molar-refractivity contribution in [2.24, 2.45) is 0 Å². The average Bonchev–Trinajstić information content (AvgIpc) is 2.42. The monoisotopic (exact) mass is 239 g/mol. The third kappa shape index (κ3) is 3.63. The van der Waals surface area contributed by atoms with Gasteiger partial charge < -0.3 is 4.74 Å². The van der Waals surface area contributed by atoms with Crippen LogP contribution >= 0.6 is 0 Å². The van der Waals surface area contributed by atoms with Crippen molar-refractivity contribution in [3.8, 4) is 11.5 Å². The number of ether oxygens (including phenoxy) is 1. The minimum absolute atomic E-state index is 0.861. The normalized spacial score (nSPS) is 10.3. The summed E-state index contributed by atoms with van der Waals surface area (Å²) in [6.07, 6.45) is 4.78. The van der Waals surface area contributed by atoms with E-state index in [-0.39, 0.29) is 0 Å². The third-order valence-corrected chi connectivity index (χ3v) is 2.91. The van der Waals surface area contributed by atoms with Crippen LogP contribution in [0.3, 0.4) is 0 Å². The Kier molecular flexibility index (Phi) is 4.83. The number of aryl methyl sites for hydroxylation is 1. The fraction of sp³-hybridized carbons (Fsp3) is 0.294. The SMILES string of the molecule is CCCCCc1ccc[c]c1Oc1ccccc1. The van der Waals surface area contributed by atoms with Crippen LogP contribution in [0, 0.1) is 6.07 Å². The number of benzene rings is 2. The molecule has 0 unspecified atom stereocenters. The smallest absolute Gasteiger partial charge is 0.138 e. The van der Waals surface area contributed by atoms with E-state index in [4.69, 9.17) is 4.74 Å². The number of para-hydroxylation sites is 2. The maximum absolute atomic E-state index is 5.88. The minimum atomic E-state index is 0.861. The van der Waals surface area contributed by atoms with Crippen molar-refractivity contribution in [3.05, 3.63) is 60.2 Å². The fourth-order valence-electron chi connectivity index (χ4n) is 1.92. The van der Waals surface area contributed by atoms with Gasteiger partial charge in [0.25, 0.3) is 0 Å². The molecule has 18 heavy (non-hydrogen) atoms. The number of rotatable bonds is 6. The van der Waals surface area contributed by atoms with E-state index in [0.29, 0.717) is 0 Å². The summed E-state index contributed by atoms with van der Waals surface area (Å²) in [7, 11) is 0. The molecule has 0 saturated heterocycles. The zero-order valence-corrected chi connectivity index (χ0v) is 10.9. The molecule has 0 aliphatic carbocycles. The van der Waals surface area contributed by atoms with Crippen LogP contribution in [0.1, 0.15) is 31.7 Å². The van der Waals surface area contributed by atoms with E-state index in [1.54, 1.807) is 0 Å². The second kappa shape index (κ2) is 6.85. The summed E-state index contributed by atoms with van der Waals surface area (Å²) < 4.78 is 5.88. The first-order chi connectivity index (χ1) is 8.90. The molecule has 0 fully saturated rings. The van der Waals surface area contributed by atoms with Crippen LogP contribution in [0.4, 0.5) is 0 Å². The first kappa shape index (κ1) is 12.7. The highest BCUT2D eigenvalue weighted by atomic mass is 16.5. The van der Waals surface area contributed by atoms with Gasteiger partial charge in [0.05, 0.1) is 0 Å². The topological polar surface area (TPSA) is 9.23 Å². The summed E-state index contributed by atoms with van der Waals surface area (Å²) in [6.45, 7) is 2.22. The predicted octanol–water partition coefficient (Wildman–Crippen LogP) is 5.01. The Morgan fingerprint density at radius 1 is 1.00 bits per heavy atom. The third-order valence-electron chi connectivity index (χ3n) is 2.91. The molecular weight excluding hydrogens is 220 g/mol. The number of hydrogen-bond donors (Lipinski definition) is 0. The zero-order chi connectivity index (χ0) is 12.6. The van der Waals surface area contributed by atoms with Crippen LogP contribution in [0.25, 0.3) is 0 Å². The summed E-state index contributed by atoms with van der Waals surface area (Å²) in [5.41, 5.74) is 1.25. The van der Waals surface area contributed by atoms with E-state index in [0.717, 1.165) is 17.9 Å². The lowest BCUT2D eigenvalue weighted by molar-refractivity contribution is 0.473. The van der Waals surface area contributed by atoms with Gasteiger partial charge in [0.1, 0.15) is 11.5 Å². The largest absolute Gasteiger partial charge is 0.456 e. The number of hydrogen-bond acceptors (Lipinski definition) is 1. The van der Waals surface area contributed by atoms with Gasteiger partial charge in [-0.2, -0.15) is 0 Å². The van der Waals surface area contributed by atoms with Gasteiger partial charge in [-0.15, -0.1) is 0 Å². The number of unbranched alkanes of at least 4 members (excludes halogenated alkanes) is 2. The van der Waals surface area contributed by atoms with E-state index in [9.17, 15) is 0 Å². The van der Waals surface area contributed by atoms with Crippen molar-refractivity contribution in [2.45, 2.75) is 32.6 Å². The van der Waals surface area contributed by atoms with Crippen LogP contribution in [-0.2, 0) is 6.42 Å². The molecule has 0 heterocycles. The predicted molar refractivity (Wildman–Crippen MR) is 75.0 cm³/mol. The molecule has 0 atom stereocenters. The second-order valence-electron chi connectivity index (χ2n) is 4.40. The van der Waals surface area contributed by atoms with Gasteiger partial charge >= 0.3 is 0 Å². The molecule has 0 aromatic heterocycles. The maximum atomic E-state index is 5.88. The van der Waals surface area contributed by atoms with Gasteiger partial charge in [0.2, 0.25) is 0 Å². The molecule has 2 rings (SSSR count). The standard InChI is InChI=1S/C17H19O/c1-2-3-5-10-15-11-8-9-14-17(15)18-16-12-6-4-7-13-16/h4,6-9,11-13H,2-3,5,10H2,1H3. The molecule has 1 radical (unpaired) electrons. The van der Waals surface area contributed by atoms with Crippen LogP contribution < -0.4 is 4.74 Å². The van der Waals surface area contributed by atoms with Gasteiger partial charge in [-0.3, -0.25) is 0 Å². The van der Waals surface area contributed by atoms with Gasteiger partial charge in [0.15, 0.2) is 0 Å². The molecule has 0 aliphatic rings. The van der Waals surface area contributed by atoms with Crippen LogP contribution in [0.2, 0.25) is 0 Å². The lowest BCUT2D eigenvalue weighted by Crippen LogP contribution is -1.92. The van der Waals surface area contributed by atoms with Crippen molar-refractivity contribution in [1.82, 2.24) is 0 Å². The first-order valence-electron chi connectivity index (χ1n) is 6.62. The molecule has 0 N–H and O–H groups in total. The minimum Gasteiger partial charge on any atom is -0.456 e. The highest BCUT2D eigenvalue weighted by Gasteiger charge is 2.04. The van der Waals surface area contributed by atoms with Crippen molar-refractivity contribution in [2.75, 3.05) is 0 Å². The molecule has 0 saturated carbocycles. The summed E-state index contributed by atoms with van der Waals surface area (Å²) in [6, 6.07) is 19.1. The van der Waals surface area contributed by atoms with Crippen molar-refractivity contribution >= 4 is 0 Å². The summed E-state index contributed by atoms with van der Waals surface area (Å²) >= 11 is 0. The van der Waals surface area contributed by atoms with Crippen molar-refractivity contribution in [1.29, 1.82) is 0 Å². The van der Waals surface area contributed by atoms with Crippen LogP contribution in [0.15, 0.2) is 48.5 Å². The molecule has 2 aromatic rings. The van der Waals surface area contributed by atoms with Crippen molar-refractivity contribution in [3.63, 3.8) is 0 Å². The van der Waals surface area contributed by atoms with Gasteiger partial charge in [0, 0.05) is 6.07 Å². The lowest BCUT2D eigenvalue weighted by atomic mass is 10.1. The molecule has 0 spiro atoms. The van der Waals surface area contributed by atoms with Crippen LogP contribution in [-0.4, -0.2) is 0 Å². The Labute approximate surface area is 109 Å². The van der Waals surface area contributed by atoms with Gasteiger partial charge in [-0.05, 0) is 30.5 Å². The fourth-order valence-corrected chi connectivity index (χ4v) is 1.92. The van der Waals surface area contributed by atoms with Crippen LogP contribution in [0.5, 0.6) is 11.5 Å². The second-order valence-corrected chi connectivity index (χ2v) is 4.40. The Balaban J connectivity index is 2.07. The molecule has 1 heteroatoms. The zero-order valence-electron chi connectivity index (χ0n) is 10.9. The first-order valence-corrected chi connectivity index (χ1v) is 6.62. The average molecular weight is 239 g/mol. The molecular formula is C17H19O. The molecule has 93 valence electrons.